The summed E-state index contributed by atoms with van der Waals surface area (Å²) in [6.07, 6.45) is 0. The second kappa shape index (κ2) is 6.01. The van der Waals surface area contributed by atoms with Gasteiger partial charge < -0.3 is 5.32 Å². The fourth-order valence-electron chi connectivity index (χ4n) is 1.75. The summed E-state index contributed by atoms with van der Waals surface area (Å²) in [6.45, 7) is 1.67. The van der Waals surface area contributed by atoms with E-state index in [-0.39, 0.29) is 16.9 Å². The van der Waals surface area contributed by atoms with Crippen molar-refractivity contribution in [1.82, 2.24) is 0 Å². The van der Waals surface area contributed by atoms with E-state index < -0.39 is 16.6 Å². The maximum absolute atomic E-state index is 13.2. The summed E-state index contributed by atoms with van der Waals surface area (Å²) in [5, 5.41) is 13.3. The Bertz CT molecular complexity index is 734. The van der Waals surface area contributed by atoms with Gasteiger partial charge in [-0.05, 0) is 46.6 Å². The van der Waals surface area contributed by atoms with Crippen LogP contribution in [0.2, 0.25) is 0 Å². The van der Waals surface area contributed by atoms with Crippen LogP contribution in [-0.2, 0) is 0 Å². The van der Waals surface area contributed by atoms with Crippen molar-refractivity contribution in [2.24, 2.45) is 0 Å². The molecule has 0 spiro atoms. The van der Waals surface area contributed by atoms with Gasteiger partial charge >= 0.3 is 0 Å². The Hall–Kier alpha value is -2.28. The first-order chi connectivity index (χ1) is 9.88. The first kappa shape index (κ1) is 15.1. The van der Waals surface area contributed by atoms with Crippen molar-refractivity contribution < 1.29 is 14.1 Å². The van der Waals surface area contributed by atoms with Crippen molar-refractivity contribution in [2.45, 2.75) is 6.92 Å². The summed E-state index contributed by atoms with van der Waals surface area (Å²) in [6, 6.07) is 7.88. The van der Waals surface area contributed by atoms with Crippen LogP contribution in [0.15, 0.2) is 40.9 Å². The van der Waals surface area contributed by atoms with Crippen LogP contribution < -0.4 is 5.32 Å². The van der Waals surface area contributed by atoms with Gasteiger partial charge in [-0.2, -0.15) is 0 Å². The monoisotopic (exact) mass is 352 g/mol. The summed E-state index contributed by atoms with van der Waals surface area (Å²) in [5.41, 5.74) is 0.834. The number of carbonyl (C=O) groups is 1. The molecule has 0 atom stereocenters. The Morgan fingerprint density at radius 1 is 1.29 bits per heavy atom. The Labute approximate surface area is 128 Å². The fraction of sp³-hybridized carbons (Fsp3) is 0.0714. The van der Waals surface area contributed by atoms with E-state index in [1.807, 2.05) is 0 Å². The number of nitrogens with zero attached hydrogens (tertiary/aromatic N) is 1. The number of aryl methyl sites for hydroxylation is 1. The van der Waals surface area contributed by atoms with Gasteiger partial charge in [0.1, 0.15) is 5.82 Å². The maximum Gasteiger partial charge on any atom is 0.270 e. The second-order valence-corrected chi connectivity index (χ2v) is 5.19. The van der Waals surface area contributed by atoms with Crippen molar-refractivity contribution in [3.63, 3.8) is 0 Å². The van der Waals surface area contributed by atoms with Gasteiger partial charge in [0.2, 0.25) is 0 Å². The molecule has 0 fully saturated rings. The minimum atomic E-state index is -0.575. The highest BCUT2D eigenvalue weighted by molar-refractivity contribution is 9.10. The predicted molar refractivity (Wildman–Crippen MR) is 79.9 cm³/mol. The summed E-state index contributed by atoms with van der Waals surface area (Å²) >= 11 is 3.20. The van der Waals surface area contributed by atoms with Crippen LogP contribution in [-0.4, -0.2) is 10.8 Å². The summed E-state index contributed by atoms with van der Waals surface area (Å²) in [7, 11) is 0. The van der Waals surface area contributed by atoms with Gasteiger partial charge in [-0.1, -0.05) is 6.07 Å². The lowest BCUT2D eigenvalue weighted by atomic mass is 10.1. The second-order valence-electron chi connectivity index (χ2n) is 4.33. The summed E-state index contributed by atoms with van der Waals surface area (Å²) < 4.78 is 13.7. The quantitative estimate of drug-likeness (QED) is 0.668. The van der Waals surface area contributed by atoms with Crippen LogP contribution in [0.4, 0.5) is 15.8 Å². The number of nitro groups is 1. The number of nitro benzene ring substituents is 1. The van der Waals surface area contributed by atoms with Crippen LogP contribution in [0.1, 0.15) is 15.9 Å². The zero-order chi connectivity index (χ0) is 15.6. The van der Waals surface area contributed by atoms with Crippen LogP contribution in [0.3, 0.4) is 0 Å². The van der Waals surface area contributed by atoms with Crippen LogP contribution in [0, 0.1) is 22.9 Å². The smallest absolute Gasteiger partial charge is 0.270 e. The molecule has 2 aromatic rings. The van der Waals surface area contributed by atoms with E-state index in [1.165, 1.54) is 30.3 Å². The van der Waals surface area contributed by atoms with E-state index >= 15 is 0 Å². The molecule has 5 nitrogen and oxygen atoms in total. The van der Waals surface area contributed by atoms with Gasteiger partial charge in [-0.3, -0.25) is 14.9 Å². The number of rotatable bonds is 3. The Balaban J connectivity index is 2.34. The van der Waals surface area contributed by atoms with Crippen LogP contribution in [0.5, 0.6) is 0 Å². The van der Waals surface area contributed by atoms with Crippen LogP contribution in [0.25, 0.3) is 0 Å². The third-order valence-electron chi connectivity index (χ3n) is 2.85. The molecule has 21 heavy (non-hydrogen) atoms. The van der Waals surface area contributed by atoms with Gasteiger partial charge in [0.05, 0.1) is 10.6 Å². The Morgan fingerprint density at radius 2 is 2.00 bits per heavy atom. The van der Waals surface area contributed by atoms with Crippen molar-refractivity contribution >= 4 is 33.2 Å². The highest BCUT2D eigenvalue weighted by atomic mass is 79.9. The third-order valence-corrected chi connectivity index (χ3v) is 3.54. The minimum absolute atomic E-state index is 0.167. The lowest BCUT2D eigenvalue weighted by Crippen LogP contribution is -2.14. The lowest BCUT2D eigenvalue weighted by molar-refractivity contribution is -0.384. The van der Waals surface area contributed by atoms with E-state index in [0.29, 0.717) is 10.0 Å². The molecule has 0 aliphatic rings. The molecule has 0 aromatic heterocycles. The van der Waals surface area contributed by atoms with E-state index in [0.717, 1.165) is 6.07 Å². The van der Waals surface area contributed by atoms with Gasteiger partial charge in [0.25, 0.3) is 11.6 Å². The largest absolute Gasteiger partial charge is 0.321 e. The van der Waals surface area contributed by atoms with E-state index in [1.54, 1.807) is 6.92 Å². The van der Waals surface area contributed by atoms with E-state index in [2.05, 4.69) is 21.2 Å². The maximum atomic E-state index is 13.2. The Morgan fingerprint density at radius 3 is 2.67 bits per heavy atom. The van der Waals surface area contributed by atoms with E-state index in [4.69, 9.17) is 0 Å². The van der Waals surface area contributed by atoms with Crippen LogP contribution >= 0.6 is 15.9 Å². The number of anilines is 1. The molecule has 1 N–H and O–H groups in total. The minimum Gasteiger partial charge on any atom is -0.321 e. The molecule has 108 valence electrons. The number of nitrogens with one attached hydrogen (secondary N) is 1. The zero-order valence-electron chi connectivity index (χ0n) is 10.9. The molecule has 0 saturated heterocycles. The fourth-order valence-corrected chi connectivity index (χ4v) is 2.10. The third kappa shape index (κ3) is 3.43. The summed E-state index contributed by atoms with van der Waals surface area (Å²) in [4.78, 5) is 22.4. The molecule has 0 aliphatic heterocycles. The van der Waals surface area contributed by atoms with Gasteiger partial charge in [0.15, 0.2) is 0 Å². The zero-order valence-corrected chi connectivity index (χ0v) is 12.5. The average Bonchev–Trinajstić information content (AvgIpc) is 2.43. The van der Waals surface area contributed by atoms with Crippen molar-refractivity contribution in [3.8, 4) is 0 Å². The molecule has 0 bridgehead atoms. The molecule has 2 aromatic carbocycles. The van der Waals surface area contributed by atoms with E-state index in [9.17, 15) is 19.3 Å². The SMILES string of the molecule is Cc1ccc([N+](=O)[O-])cc1C(=O)Nc1cc(F)ccc1Br. The normalized spacial score (nSPS) is 10.2. The molecule has 0 unspecified atom stereocenters. The molecule has 2 rings (SSSR count). The number of carbonyl (C=O) groups excluding carboxylic acids is 1. The lowest BCUT2D eigenvalue weighted by Gasteiger charge is -2.09. The van der Waals surface area contributed by atoms with Crippen molar-refractivity contribution in [1.29, 1.82) is 0 Å². The number of non-ortho nitro benzene ring substituents is 1. The summed E-state index contributed by atoms with van der Waals surface area (Å²) in [5.74, 6) is -1.04. The van der Waals surface area contributed by atoms with Gasteiger partial charge in [-0.15, -0.1) is 0 Å². The highest BCUT2D eigenvalue weighted by Gasteiger charge is 2.16. The molecule has 7 heteroatoms. The van der Waals surface area contributed by atoms with Gasteiger partial charge in [-0.25, -0.2) is 4.39 Å². The number of hydrogen-bond acceptors (Lipinski definition) is 3. The van der Waals surface area contributed by atoms with Gasteiger partial charge in [0, 0.05) is 22.2 Å². The Kier molecular flexibility index (Phi) is 4.32. The molecule has 0 aliphatic carbocycles. The first-order valence-corrected chi connectivity index (χ1v) is 6.69. The molecule has 0 saturated carbocycles. The topological polar surface area (TPSA) is 72.2 Å². The molecule has 0 heterocycles. The predicted octanol–water partition coefficient (Wildman–Crippen LogP) is 4.06. The molecular weight excluding hydrogens is 343 g/mol. The molecule has 0 radical (unpaired) electrons. The standard InChI is InChI=1S/C14H10BrFN2O3/c1-8-2-4-10(18(20)21)7-11(8)14(19)17-13-6-9(16)3-5-12(13)15/h2-7H,1H3,(H,17,19). The average molecular weight is 353 g/mol. The number of benzene rings is 2. The number of hydrogen-bond donors (Lipinski definition) is 1. The highest BCUT2D eigenvalue weighted by Crippen LogP contribution is 2.25. The first-order valence-electron chi connectivity index (χ1n) is 5.90. The molecule has 1 amide bonds. The number of halogens is 2. The van der Waals surface area contributed by atoms with Crippen molar-refractivity contribution in [2.75, 3.05) is 5.32 Å². The molecular formula is C14H10BrFN2O3. The number of amides is 1. The van der Waals surface area contributed by atoms with Crippen molar-refractivity contribution in [3.05, 3.63) is 67.9 Å².